The first-order chi connectivity index (χ1) is 18.9. The van der Waals surface area contributed by atoms with E-state index in [9.17, 15) is 9.59 Å². The van der Waals surface area contributed by atoms with E-state index in [4.69, 9.17) is 10.5 Å². The second-order valence-electron chi connectivity index (χ2n) is 10.0. The van der Waals surface area contributed by atoms with Gasteiger partial charge in [-0.3, -0.25) is 14.5 Å². The van der Waals surface area contributed by atoms with Crippen LogP contribution in [-0.2, 0) is 13.0 Å². The van der Waals surface area contributed by atoms with Gasteiger partial charge < -0.3 is 15.8 Å². The summed E-state index contributed by atoms with van der Waals surface area (Å²) in [5.74, 6) is 0.251. The maximum absolute atomic E-state index is 13.1. The summed E-state index contributed by atoms with van der Waals surface area (Å²) in [6.07, 6.45) is 2.03. The van der Waals surface area contributed by atoms with Crippen LogP contribution in [0.5, 0.6) is 5.75 Å². The molecule has 4 aromatic carbocycles. The molecule has 0 fully saturated rings. The highest BCUT2D eigenvalue weighted by Crippen LogP contribution is 2.26. The molecule has 0 aliphatic carbocycles. The topological polar surface area (TPSA) is 85.9 Å². The van der Waals surface area contributed by atoms with Gasteiger partial charge in [-0.1, -0.05) is 60.7 Å². The van der Waals surface area contributed by atoms with Gasteiger partial charge in [0.25, 0.3) is 5.91 Å². The number of para-hydroxylation sites is 1. The zero-order valence-corrected chi connectivity index (χ0v) is 22.4. The number of quaternary nitrogens is 1. The first kappa shape index (κ1) is 26.2. The second-order valence-corrected chi connectivity index (χ2v) is 10.0. The quantitative estimate of drug-likeness (QED) is 0.317. The van der Waals surface area contributed by atoms with E-state index < -0.39 is 5.91 Å². The van der Waals surface area contributed by atoms with Crippen molar-refractivity contribution < 1.29 is 19.2 Å². The van der Waals surface area contributed by atoms with E-state index in [1.54, 1.807) is 13.2 Å². The third kappa shape index (κ3) is 5.71. The van der Waals surface area contributed by atoms with Crippen LogP contribution in [0.4, 0.5) is 5.69 Å². The Morgan fingerprint density at radius 1 is 0.974 bits per heavy atom. The Kier molecular flexibility index (Phi) is 7.75. The molecule has 4 N–H and O–H groups in total. The molecular weight excluding hydrogens is 486 g/mol. The Morgan fingerprint density at radius 2 is 1.72 bits per heavy atom. The van der Waals surface area contributed by atoms with Crippen LogP contribution in [0.3, 0.4) is 0 Å². The van der Waals surface area contributed by atoms with E-state index in [0.717, 1.165) is 48.4 Å². The lowest BCUT2D eigenvalue weighted by Gasteiger charge is -2.26. The summed E-state index contributed by atoms with van der Waals surface area (Å²) in [5.41, 5.74) is 13.2. The van der Waals surface area contributed by atoms with Crippen LogP contribution in [0.15, 0.2) is 91.0 Å². The smallest absolute Gasteiger partial charge is 0.251 e. The van der Waals surface area contributed by atoms with Gasteiger partial charge in [-0.05, 0) is 48.7 Å². The number of carbonyl (C=O) groups is 2. The average molecular weight is 521 g/mol. The molecule has 6 heteroatoms. The normalized spacial score (nSPS) is 15.2. The fourth-order valence-corrected chi connectivity index (χ4v) is 5.48. The number of primary amides is 1. The summed E-state index contributed by atoms with van der Waals surface area (Å²) in [6, 6.07) is 29.4. The Labute approximate surface area is 229 Å². The molecule has 0 saturated carbocycles. The van der Waals surface area contributed by atoms with Crippen molar-refractivity contribution in [3.63, 3.8) is 0 Å². The van der Waals surface area contributed by atoms with Crippen molar-refractivity contribution >= 4 is 17.5 Å². The highest BCUT2D eigenvalue weighted by atomic mass is 16.5. The van der Waals surface area contributed by atoms with Gasteiger partial charge in [0.05, 0.1) is 19.7 Å². The van der Waals surface area contributed by atoms with Gasteiger partial charge in [0.15, 0.2) is 0 Å². The van der Waals surface area contributed by atoms with Crippen molar-refractivity contribution in [2.24, 2.45) is 5.73 Å². The van der Waals surface area contributed by atoms with Gasteiger partial charge in [-0.2, -0.15) is 0 Å². The number of nitrogens with one attached hydrogen (secondary N) is 2. The Bertz CT molecular complexity index is 1500. The SMILES string of the molecule is COc1ccccc1[C@H](C)NC(=O)c1ccc2c(c1)CCC[NH+]2Cc1ccc(-c2ccccc2C(N)=O)cc1. The van der Waals surface area contributed by atoms with E-state index in [2.05, 4.69) is 35.6 Å². The van der Waals surface area contributed by atoms with Crippen LogP contribution in [-0.4, -0.2) is 25.5 Å². The van der Waals surface area contributed by atoms with Gasteiger partial charge in [-0.15, -0.1) is 0 Å². The van der Waals surface area contributed by atoms with Crippen molar-refractivity contribution in [3.05, 3.63) is 119 Å². The number of hydrogen-bond donors (Lipinski definition) is 3. The van der Waals surface area contributed by atoms with Crippen LogP contribution >= 0.6 is 0 Å². The number of hydrogen-bond acceptors (Lipinski definition) is 3. The predicted molar refractivity (Wildman–Crippen MR) is 153 cm³/mol. The zero-order chi connectivity index (χ0) is 27.4. The number of fused-ring (bicyclic) bond motifs is 1. The lowest BCUT2D eigenvalue weighted by molar-refractivity contribution is -0.850. The Hall–Kier alpha value is -4.42. The maximum atomic E-state index is 13.1. The summed E-state index contributed by atoms with van der Waals surface area (Å²) in [5, 5.41) is 3.12. The van der Waals surface area contributed by atoms with Gasteiger partial charge in [-0.25, -0.2) is 0 Å². The van der Waals surface area contributed by atoms with Crippen molar-refractivity contribution in [2.75, 3.05) is 13.7 Å². The number of carbonyl (C=O) groups excluding carboxylic acids is 2. The minimum Gasteiger partial charge on any atom is -0.496 e. The first-order valence-electron chi connectivity index (χ1n) is 13.3. The van der Waals surface area contributed by atoms with E-state index in [1.165, 1.54) is 21.7 Å². The monoisotopic (exact) mass is 520 g/mol. The first-order valence-corrected chi connectivity index (χ1v) is 13.3. The summed E-state index contributed by atoms with van der Waals surface area (Å²) < 4.78 is 5.46. The van der Waals surface area contributed by atoms with Gasteiger partial charge >= 0.3 is 0 Å². The van der Waals surface area contributed by atoms with Crippen molar-refractivity contribution in [1.29, 1.82) is 0 Å². The zero-order valence-electron chi connectivity index (χ0n) is 22.4. The van der Waals surface area contributed by atoms with Crippen molar-refractivity contribution in [1.82, 2.24) is 5.32 Å². The fourth-order valence-electron chi connectivity index (χ4n) is 5.48. The number of aryl methyl sites for hydroxylation is 1. The number of benzene rings is 4. The molecule has 1 unspecified atom stereocenters. The predicted octanol–water partition coefficient (Wildman–Crippen LogP) is 4.61. The Morgan fingerprint density at radius 3 is 2.49 bits per heavy atom. The van der Waals surface area contributed by atoms with E-state index in [-0.39, 0.29) is 11.9 Å². The van der Waals surface area contributed by atoms with E-state index in [0.29, 0.717) is 11.1 Å². The molecular formula is C33H34N3O3+. The number of methoxy groups -OCH3 is 1. The molecule has 1 heterocycles. The maximum Gasteiger partial charge on any atom is 0.251 e. The number of rotatable bonds is 8. The summed E-state index contributed by atoms with van der Waals surface area (Å²) in [7, 11) is 1.64. The molecule has 1 aliphatic rings. The minimum atomic E-state index is -0.425. The Balaban J connectivity index is 1.29. The van der Waals surface area contributed by atoms with Crippen LogP contribution in [0.2, 0.25) is 0 Å². The van der Waals surface area contributed by atoms with Gasteiger partial charge in [0, 0.05) is 40.3 Å². The molecule has 198 valence electrons. The molecule has 39 heavy (non-hydrogen) atoms. The van der Waals surface area contributed by atoms with Gasteiger partial charge in [0.1, 0.15) is 18.0 Å². The molecule has 6 nitrogen and oxygen atoms in total. The third-order valence-electron chi connectivity index (χ3n) is 7.50. The fraction of sp³-hybridized carbons (Fsp3) is 0.212. The number of amides is 2. The number of ether oxygens (including phenoxy) is 1. The molecule has 0 saturated heterocycles. The van der Waals surface area contributed by atoms with Crippen LogP contribution in [0, 0.1) is 0 Å². The standard InChI is InChI=1S/C33H33N3O3/c1-22(27-9-5-6-12-31(27)39-2)35-33(38)26-17-18-30-25(20-26)8-7-19-36(30)21-23-13-15-24(16-14-23)28-10-3-4-11-29(28)32(34)37/h3-6,9-18,20,22H,7-8,19,21H2,1-2H3,(H2,34,37)(H,35,38)/p+1/t22-/m0/s1. The summed E-state index contributed by atoms with van der Waals surface area (Å²) in [4.78, 5) is 26.3. The molecule has 0 radical (unpaired) electrons. The van der Waals surface area contributed by atoms with Crippen molar-refractivity contribution in [3.8, 4) is 16.9 Å². The molecule has 2 amide bonds. The molecule has 1 aliphatic heterocycles. The largest absolute Gasteiger partial charge is 0.496 e. The van der Waals surface area contributed by atoms with Crippen molar-refractivity contribution in [2.45, 2.75) is 32.4 Å². The van der Waals surface area contributed by atoms with Crippen LogP contribution in [0.1, 0.15) is 56.8 Å². The summed E-state index contributed by atoms with van der Waals surface area (Å²) in [6.45, 7) is 3.86. The number of nitrogens with two attached hydrogens (primary N) is 1. The highest BCUT2D eigenvalue weighted by Gasteiger charge is 2.24. The lowest BCUT2D eigenvalue weighted by Crippen LogP contribution is -3.06. The lowest BCUT2D eigenvalue weighted by atomic mass is 9.96. The molecule has 5 rings (SSSR count). The highest BCUT2D eigenvalue weighted by molar-refractivity contribution is 5.99. The summed E-state index contributed by atoms with van der Waals surface area (Å²) >= 11 is 0. The molecule has 2 atom stereocenters. The molecule has 0 spiro atoms. The van der Waals surface area contributed by atoms with Crippen LogP contribution < -0.4 is 20.7 Å². The average Bonchev–Trinajstić information content (AvgIpc) is 2.97. The second kappa shape index (κ2) is 11.5. The van der Waals surface area contributed by atoms with Crippen LogP contribution in [0.25, 0.3) is 11.1 Å². The third-order valence-corrected chi connectivity index (χ3v) is 7.50. The molecule has 0 bridgehead atoms. The van der Waals surface area contributed by atoms with E-state index >= 15 is 0 Å². The van der Waals surface area contributed by atoms with E-state index in [1.807, 2.05) is 61.5 Å². The minimum absolute atomic E-state index is 0.0878. The molecule has 0 aromatic heterocycles. The van der Waals surface area contributed by atoms with Gasteiger partial charge in [0.2, 0.25) is 5.91 Å². The molecule has 4 aromatic rings.